The molecule has 0 radical (unpaired) electrons. The van der Waals surface area contributed by atoms with Gasteiger partial charge in [-0.1, -0.05) is 61.3 Å². The molecule has 3 N–H and O–H groups in total. The fraction of sp³-hybridized carbons (Fsp3) is 0.0909. The van der Waals surface area contributed by atoms with Crippen molar-refractivity contribution in [3.8, 4) is 0 Å². The number of amides is 2. The molecular formula is C22H22N2O3S. The first-order valence-electron chi connectivity index (χ1n) is 8.60. The minimum Gasteiger partial charge on any atom is -0.395 e. The Balaban J connectivity index is 2.22. The number of hydrogen-bond acceptors (Lipinski definition) is 4. The first-order valence-corrected chi connectivity index (χ1v) is 9.41. The van der Waals surface area contributed by atoms with E-state index in [0.29, 0.717) is 5.56 Å². The highest BCUT2D eigenvalue weighted by Gasteiger charge is 2.14. The van der Waals surface area contributed by atoms with Crippen LogP contribution in [-0.2, 0) is 4.79 Å². The van der Waals surface area contributed by atoms with Gasteiger partial charge in [0.15, 0.2) is 0 Å². The van der Waals surface area contributed by atoms with Crippen molar-refractivity contribution in [3.63, 3.8) is 0 Å². The highest BCUT2D eigenvalue weighted by molar-refractivity contribution is 8.03. The molecule has 2 rings (SSSR count). The second-order valence-corrected chi connectivity index (χ2v) is 6.90. The molecule has 0 aromatic heterocycles. The lowest BCUT2D eigenvalue weighted by molar-refractivity contribution is -0.117. The third-order valence-corrected chi connectivity index (χ3v) is 4.53. The number of aliphatic hydroxyl groups is 1. The molecule has 144 valence electrons. The lowest BCUT2D eigenvalue weighted by Gasteiger charge is -2.11. The summed E-state index contributed by atoms with van der Waals surface area (Å²) in [5.74, 6) is -0.864. The van der Waals surface area contributed by atoms with Crippen LogP contribution in [0.25, 0.3) is 6.08 Å². The van der Waals surface area contributed by atoms with Crippen molar-refractivity contribution in [2.75, 3.05) is 13.2 Å². The number of benzene rings is 2. The van der Waals surface area contributed by atoms with Crippen LogP contribution in [0, 0.1) is 0 Å². The summed E-state index contributed by atoms with van der Waals surface area (Å²) in [4.78, 5) is 26.6. The third kappa shape index (κ3) is 6.57. The van der Waals surface area contributed by atoms with E-state index in [0.717, 1.165) is 15.4 Å². The summed E-state index contributed by atoms with van der Waals surface area (Å²) >= 11 is 1.49. The largest absolute Gasteiger partial charge is 0.395 e. The Kier molecular flexibility index (Phi) is 8.27. The van der Waals surface area contributed by atoms with Gasteiger partial charge in [0.05, 0.1) is 6.61 Å². The van der Waals surface area contributed by atoms with Crippen LogP contribution in [0.5, 0.6) is 0 Å². The number of thioether (sulfide) groups is 1. The summed E-state index contributed by atoms with van der Waals surface area (Å²) in [5, 5.41) is 14.1. The molecule has 0 aliphatic carbocycles. The monoisotopic (exact) mass is 394 g/mol. The number of carbonyl (C=O) groups is 2. The average molecular weight is 394 g/mol. The Labute approximate surface area is 168 Å². The maximum Gasteiger partial charge on any atom is 0.267 e. The first-order chi connectivity index (χ1) is 13.5. The number of nitrogens with one attached hydrogen (secondary N) is 2. The smallest absolute Gasteiger partial charge is 0.267 e. The van der Waals surface area contributed by atoms with Crippen molar-refractivity contribution < 1.29 is 14.7 Å². The molecule has 0 heterocycles. The Bertz CT molecular complexity index is 874. The van der Waals surface area contributed by atoms with Crippen molar-refractivity contribution in [2.45, 2.75) is 4.90 Å². The van der Waals surface area contributed by atoms with E-state index in [-0.39, 0.29) is 24.8 Å². The van der Waals surface area contributed by atoms with Crippen molar-refractivity contribution in [2.24, 2.45) is 0 Å². The molecule has 0 atom stereocenters. The molecular weight excluding hydrogens is 372 g/mol. The van der Waals surface area contributed by atoms with Crippen LogP contribution in [0.1, 0.15) is 15.9 Å². The summed E-state index contributed by atoms with van der Waals surface area (Å²) in [6, 6.07) is 16.1. The average Bonchev–Trinajstić information content (AvgIpc) is 2.73. The summed E-state index contributed by atoms with van der Waals surface area (Å²) in [6.45, 7) is 7.45. The fourth-order valence-corrected chi connectivity index (χ4v) is 2.86. The van der Waals surface area contributed by atoms with Crippen LogP contribution in [0.3, 0.4) is 0 Å². The van der Waals surface area contributed by atoms with E-state index in [2.05, 4.69) is 23.8 Å². The molecule has 0 aliphatic rings. The van der Waals surface area contributed by atoms with Gasteiger partial charge in [-0.15, -0.1) is 0 Å². The predicted octanol–water partition coefficient (Wildman–Crippen LogP) is 3.36. The molecule has 2 aromatic carbocycles. The van der Waals surface area contributed by atoms with Gasteiger partial charge >= 0.3 is 0 Å². The maximum absolute atomic E-state index is 12.4. The fourth-order valence-electron chi connectivity index (χ4n) is 2.20. The predicted molar refractivity (Wildman–Crippen MR) is 114 cm³/mol. The van der Waals surface area contributed by atoms with Gasteiger partial charge < -0.3 is 15.7 Å². The van der Waals surface area contributed by atoms with Crippen LogP contribution in [0.4, 0.5) is 0 Å². The molecule has 0 saturated carbocycles. The lowest BCUT2D eigenvalue weighted by atomic mass is 10.1. The molecule has 28 heavy (non-hydrogen) atoms. The molecule has 0 fully saturated rings. The standard InChI is InChI=1S/C22H22N2O3S/c1-3-16(2)28-19-11-9-17(10-12-19)15-20(22(27)23-13-14-25)24-21(26)18-7-5-4-6-8-18/h3-12,15,25H,1-2,13-14H2,(H,23,27)(H,24,26)/b20-15-. The Morgan fingerprint density at radius 3 is 2.36 bits per heavy atom. The third-order valence-electron chi connectivity index (χ3n) is 3.59. The number of allylic oxidation sites excluding steroid dienone is 1. The van der Waals surface area contributed by atoms with Crippen molar-refractivity contribution >= 4 is 29.7 Å². The highest BCUT2D eigenvalue weighted by Crippen LogP contribution is 2.26. The van der Waals surface area contributed by atoms with Gasteiger partial charge in [-0.05, 0) is 35.9 Å². The lowest BCUT2D eigenvalue weighted by Crippen LogP contribution is -2.36. The van der Waals surface area contributed by atoms with Gasteiger partial charge in [-0.2, -0.15) is 0 Å². The molecule has 6 heteroatoms. The van der Waals surface area contributed by atoms with Gasteiger partial charge in [-0.25, -0.2) is 0 Å². The minimum atomic E-state index is -0.475. The molecule has 0 spiro atoms. The Morgan fingerprint density at radius 2 is 1.75 bits per heavy atom. The molecule has 2 amide bonds. The van der Waals surface area contributed by atoms with E-state index in [4.69, 9.17) is 5.11 Å². The van der Waals surface area contributed by atoms with Gasteiger partial charge in [0.1, 0.15) is 5.70 Å². The number of hydrogen-bond donors (Lipinski definition) is 3. The summed E-state index contributed by atoms with van der Waals surface area (Å²) in [6.07, 6.45) is 3.27. The topological polar surface area (TPSA) is 78.4 Å². The van der Waals surface area contributed by atoms with Crippen LogP contribution in [-0.4, -0.2) is 30.1 Å². The highest BCUT2D eigenvalue weighted by atomic mass is 32.2. The maximum atomic E-state index is 12.4. The van der Waals surface area contributed by atoms with E-state index >= 15 is 0 Å². The number of aliphatic hydroxyl groups excluding tert-OH is 1. The molecule has 0 aliphatic heterocycles. The Hall–Kier alpha value is -3.09. The van der Waals surface area contributed by atoms with E-state index in [9.17, 15) is 9.59 Å². The van der Waals surface area contributed by atoms with E-state index in [1.54, 1.807) is 36.4 Å². The quantitative estimate of drug-likeness (QED) is 0.346. The molecule has 2 aromatic rings. The van der Waals surface area contributed by atoms with E-state index in [1.165, 1.54) is 11.8 Å². The van der Waals surface area contributed by atoms with E-state index < -0.39 is 5.91 Å². The van der Waals surface area contributed by atoms with Gasteiger partial charge in [-0.3, -0.25) is 9.59 Å². The van der Waals surface area contributed by atoms with Crippen molar-refractivity contribution in [3.05, 3.63) is 95.6 Å². The van der Waals surface area contributed by atoms with Crippen LogP contribution < -0.4 is 10.6 Å². The van der Waals surface area contributed by atoms with Gasteiger partial charge in [0, 0.05) is 21.9 Å². The van der Waals surface area contributed by atoms with Crippen LogP contribution >= 0.6 is 11.8 Å². The van der Waals surface area contributed by atoms with Gasteiger partial charge in [0.2, 0.25) is 0 Å². The van der Waals surface area contributed by atoms with Crippen molar-refractivity contribution in [1.29, 1.82) is 0 Å². The summed E-state index contributed by atoms with van der Waals surface area (Å²) in [5.41, 5.74) is 1.28. The zero-order valence-electron chi connectivity index (χ0n) is 15.4. The van der Waals surface area contributed by atoms with Crippen molar-refractivity contribution in [1.82, 2.24) is 10.6 Å². The zero-order valence-corrected chi connectivity index (χ0v) is 16.2. The molecule has 0 saturated heterocycles. The summed E-state index contributed by atoms with van der Waals surface area (Å²) < 4.78 is 0. The minimum absolute atomic E-state index is 0.0939. The SMILES string of the molecule is C=CC(=C)Sc1ccc(/C=C(\NC(=O)c2ccccc2)C(=O)NCCO)cc1. The number of carbonyl (C=O) groups excluding carboxylic acids is 2. The van der Waals surface area contributed by atoms with Crippen LogP contribution in [0.15, 0.2) is 89.3 Å². The summed E-state index contributed by atoms with van der Waals surface area (Å²) in [7, 11) is 0. The van der Waals surface area contributed by atoms with E-state index in [1.807, 2.05) is 30.3 Å². The molecule has 5 nitrogen and oxygen atoms in total. The second-order valence-electron chi connectivity index (χ2n) is 5.70. The Morgan fingerprint density at radius 1 is 1.07 bits per heavy atom. The van der Waals surface area contributed by atoms with Gasteiger partial charge in [0.25, 0.3) is 11.8 Å². The van der Waals surface area contributed by atoms with Crippen LogP contribution in [0.2, 0.25) is 0 Å². The normalized spacial score (nSPS) is 10.8. The zero-order chi connectivity index (χ0) is 20.4. The second kappa shape index (κ2) is 10.9. The number of rotatable bonds is 9. The first kappa shape index (κ1) is 21.2. The molecule has 0 unspecified atom stereocenters. The molecule has 0 bridgehead atoms.